The lowest BCUT2D eigenvalue weighted by Crippen LogP contribution is -2.02. The minimum absolute atomic E-state index is 0.244. The quantitative estimate of drug-likeness (QED) is 0.686. The Morgan fingerprint density at radius 2 is 1.90 bits per heavy atom. The van der Waals surface area contributed by atoms with Crippen molar-refractivity contribution in [2.24, 2.45) is 0 Å². The summed E-state index contributed by atoms with van der Waals surface area (Å²) in [6.07, 6.45) is 3.61. The Kier molecular flexibility index (Phi) is 3.68. The van der Waals surface area contributed by atoms with Crippen molar-refractivity contribution in [3.63, 3.8) is 0 Å². The molecule has 0 amide bonds. The maximum absolute atomic E-state index is 13.1. The molecule has 1 heterocycles. The standard InChI is InChI=1S/C15H11FIN3/c16-11-6-7-14(13(17)10-11)19-15-18-8-9-20(15)12-4-2-1-3-5-12/h1-10H,(H,18,19). The van der Waals surface area contributed by atoms with Crippen LogP contribution in [0.25, 0.3) is 5.69 Å². The fourth-order valence-corrected chi connectivity index (χ4v) is 2.52. The first-order valence-corrected chi connectivity index (χ1v) is 7.13. The van der Waals surface area contributed by atoms with Crippen molar-refractivity contribution in [1.82, 2.24) is 9.55 Å². The van der Waals surface area contributed by atoms with Gasteiger partial charge in [-0.15, -0.1) is 0 Å². The molecule has 3 aromatic rings. The summed E-state index contributed by atoms with van der Waals surface area (Å²) >= 11 is 2.10. The van der Waals surface area contributed by atoms with E-state index in [1.165, 1.54) is 12.1 Å². The summed E-state index contributed by atoms with van der Waals surface area (Å²) in [5.41, 5.74) is 1.85. The van der Waals surface area contributed by atoms with Crippen LogP contribution in [0.3, 0.4) is 0 Å². The average molecular weight is 379 g/mol. The molecule has 0 aliphatic heterocycles. The maximum Gasteiger partial charge on any atom is 0.212 e. The van der Waals surface area contributed by atoms with E-state index in [1.54, 1.807) is 12.3 Å². The van der Waals surface area contributed by atoms with Crippen molar-refractivity contribution < 1.29 is 4.39 Å². The summed E-state index contributed by atoms with van der Waals surface area (Å²) in [5.74, 6) is 0.451. The molecular formula is C15H11FIN3. The topological polar surface area (TPSA) is 29.9 Å². The number of anilines is 2. The fraction of sp³-hybridized carbons (Fsp3) is 0. The van der Waals surface area contributed by atoms with Crippen LogP contribution in [0.5, 0.6) is 0 Å². The van der Waals surface area contributed by atoms with Crippen molar-refractivity contribution in [3.8, 4) is 5.69 Å². The van der Waals surface area contributed by atoms with Crippen molar-refractivity contribution in [3.05, 3.63) is 70.3 Å². The second-order valence-corrected chi connectivity index (χ2v) is 5.37. The highest BCUT2D eigenvalue weighted by Gasteiger charge is 2.07. The molecule has 0 saturated carbocycles. The summed E-state index contributed by atoms with van der Waals surface area (Å²) in [6.45, 7) is 0. The highest BCUT2D eigenvalue weighted by Crippen LogP contribution is 2.24. The van der Waals surface area contributed by atoms with E-state index in [-0.39, 0.29) is 5.82 Å². The van der Waals surface area contributed by atoms with Gasteiger partial charge in [0, 0.05) is 21.7 Å². The maximum atomic E-state index is 13.1. The van der Waals surface area contributed by atoms with Crippen molar-refractivity contribution in [2.45, 2.75) is 0 Å². The zero-order valence-corrected chi connectivity index (χ0v) is 12.6. The predicted octanol–water partition coefficient (Wildman–Crippen LogP) is 4.36. The van der Waals surface area contributed by atoms with Crippen LogP contribution in [0.2, 0.25) is 0 Å². The van der Waals surface area contributed by atoms with Gasteiger partial charge in [-0.2, -0.15) is 0 Å². The molecule has 5 heteroatoms. The van der Waals surface area contributed by atoms with Gasteiger partial charge < -0.3 is 5.32 Å². The van der Waals surface area contributed by atoms with E-state index in [2.05, 4.69) is 32.9 Å². The normalized spacial score (nSPS) is 10.5. The minimum Gasteiger partial charge on any atom is -0.324 e. The third-order valence-electron chi connectivity index (χ3n) is 2.85. The zero-order valence-electron chi connectivity index (χ0n) is 10.4. The lowest BCUT2D eigenvalue weighted by Gasteiger charge is -2.11. The van der Waals surface area contributed by atoms with Gasteiger partial charge in [-0.1, -0.05) is 18.2 Å². The van der Waals surface area contributed by atoms with E-state index in [1.807, 2.05) is 41.1 Å². The van der Waals surface area contributed by atoms with Crippen LogP contribution >= 0.6 is 22.6 Å². The molecule has 1 N–H and O–H groups in total. The van der Waals surface area contributed by atoms with Crippen molar-refractivity contribution >= 4 is 34.2 Å². The summed E-state index contributed by atoms with van der Waals surface area (Å²) < 4.78 is 15.9. The number of hydrogen-bond acceptors (Lipinski definition) is 2. The third-order valence-corrected chi connectivity index (χ3v) is 3.75. The van der Waals surface area contributed by atoms with E-state index >= 15 is 0 Å². The Hall–Kier alpha value is -1.89. The molecule has 0 aliphatic carbocycles. The molecule has 3 rings (SSSR count). The molecule has 0 spiro atoms. The molecule has 0 radical (unpaired) electrons. The number of nitrogens with zero attached hydrogens (tertiary/aromatic N) is 2. The van der Waals surface area contributed by atoms with E-state index < -0.39 is 0 Å². The number of benzene rings is 2. The monoisotopic (exact) mass is 379 g/mol. The largest absolute Gasteiger partial charge is 0.324 e. The Morgan fingerprint density at radius 1 is 1.10 bits per heavy atom. The van der Waals surface area contributed by atoms with Gasteiger partial charge in [0.05, 0.1) is 5.69 Å². The second-order valence-electron chi connectivity index (χ2n) is 4.21. The Bertz CT molecular complexity index is 725. The van der Waals surface area contributed by atoms with E-state index in [0.717, 1.165) is 14.9 Å². The first kappa shape index (κ1) is 13.1. The van der Waals surface area contributed by atoms with Gasteiger partial charge >= 0.3 is 0 Å². The molecule has 0 saturated heterocycles. The lowest BCUT2D eigenvalue weighted by molar-refractivity contribution is 0.627. The number of imidazole rings is 1. The van der Waals surface area contributed by atoms with Gasteiger partial charge in [-0.05, 0) is 52.9 Å². The molecule has 0 aliphatic rings. The Balaban J connectivity index is 1.95. The Labute approximate surface area is 129 Å². The van der Waals surface area contributed by atoms with Gasteiger partial charge in [-0.25, -0.2) is 9.37 Å². The molecule has 0 bridgehead atoms. The Morgan fingerprint density at radius 3 is 2.65 bits per heavy atom. The molecule has 100 valence electrons. The number of aromatic nitrogens is 2. The molecular weight excluding hydrogens is 368 g/mol. The van der Waals surface area contributed by atoms with Gasteiger partial charge in [-0.3, -0.25) is 4.57 Å². The fourth-order valence-electron chi connectivity index (χ4n) is 1.90. The van der Waals surface area contributed by atoms with Crippen LogP contribution in [-0.2, 0) is 0 Å². The van der Waals surface area contributed by atoms with Crippen molar-refractivity contribution in [1.29, 1.82) is 0 Å². The molecule has 3 nitrogen and oxygen atoms in total. The number of rotatable bonds is 3. The van der Waals surface area contributed by atoms with Gasteiger partial charge in [0.2, 0.25) is 5.95 Å². The number of para-hydroxylation sites is 1. The first-order chi connectivity index (χ1) is 9.74. The summed E-state index contributed by atoms with van der Waals surface area (Å²) in [6, 6.07) is 14.5. The van der Waals surface area contributed by atoms with E-state index in [4.69, 9.17) is 0 Å². The van der Waals surface area contributed by atoms with Gasteiger partial charge in [0.1, 0.15) is 5.82 Å². The molecule has 0 fully saturated rings. The van der Waals surface area contributed by atoms with E-state index in [9.17, 15) is 4.39 Å². The van der Waals surface area contributed by atoms with Crippen LogP contribution in [0, 0.1) is 9.39 Å². The minimum atomic E-state index is -0.244. The molecule has 2 aromatic carbocycles. The number of hydrogen-bond donors (Lipinski definition) is 1. The van der Waals surface area contributed by atoms with Crippen LogP contribution < -0.4 is 5.32 Å². The van der Waals surface area contributed by atoms with Gasteiger partial charge in [0.15, 0.2) is 0 Å². The summed E-state index contributed by atoms with van der Waals surface area (Å²) in [5, 5.41) is 3.22. The van der Waals surface area contributed by atoms with Crippen LogP contribution in [0.15, 0.2) is 60.9 Å². The zero-order chi connectivity index (χ0) is 13.9. The first-order valence-electron chi connectivity index (χ1n) is 6.05. The average Bonchev–Trinajstić information content (AvgIpc) is 2.91. The smallest absolute Gasteiger partial charge is 0.212 e. The third kappa shape index (κ3) is 2.67. The number of nitrogens with one attached hydrogen (secondary N) is 1. The summed E-state index contributed by atoms with van der Waals surface area (Å²) in [7, 11) is 0. The van der Waals surface area contributed by atoms with Crippen LogP contribution in [0.1, 0.15) is 0 Å². The van der Waals surface area contributed by atoms with E-state index in [0.29, 0.717) is 5.95 Å². The molecule has 1 aromatic heterocycles. The highest BCUT2D eigenvalue weighted by molar-refractivity contribution is 14.1. The SMILES string of the molecule is Fc1ccc(Nc2nccn2-c2ccccc2)c(I)c1. The molecule has 20 heavy (non-hydrogen) atoms. The molecule has 0 unspecified atom stereocenters. The van der Waals surface area contributed by atoms with Gasteiger partial charge in [0.25, 0.3) is 0 Å². The summed E-state index contributed by atoms with van der Waals surface area (Å²) in [4.78, 5) is 4.31. The van der Waals surface area contributed by atoms with Crippen LogP contribution in [-0.4, -0.2) is 9.55 Å². The van der Waals surface area contributed by atoms with Crippen LogP contribution in [0.4, 0.5) is 16.0 Å². The number of halogens is 2. The lowest BCUT2D eigenvalue weighted by atomic mass is 10.3. The second kappa shape index (κ2) is 5.62. The predicted molar refractivity (Wildman–Crippen MR) is 86.0 cm³/mol. The molecule has 0 atom stereocenters. The van der Waals surface area contributed by atoms with Crippen molar-refractivity contribution in [2.75, 3.05) is 5.32 Å². The highest BCUT2D eigenvalue weighted by atomic mass is 127.